The average molecular weight is 372 g/mol. The van der Waals surface area contributed by atoms with Gasteiger partial charge in [-0.2, -0.15) is 5.10 Å². The van der Waals surface area contributed by atoms with E-state index in [1.165, 1.54) is 23.5 Å². The normalized spacial score (nSPS) is 14.5. The molecule has 26 heavy (non-hydrogen) atoms. The van der Waals surface area contributed by atoms with Gasteiger partial charge in [-0.15, -0.1) is 0 Å². The number of nitrogens with zero attached hydrogens (tertiary/aromatic N) is 5. The number of amides is 2. The number of urea groups is 1. The van der Waals surface area contributed by atoms with Gasteiger partial charge in [-0.25, -0.2) is 19.2 Å². The Hall–Kier alpha value is -2.81. The maximum Gasteiger partial charge on any atom is 0.326 e. The molecule has 1 fully saturated rings. The molecule has 2 aromatic heterocycles. The quantitative estimate of drug-likeness (QED) is 0.763. The molecule has 1 saturated heterocycles. The third-order valence-corrected chi connectivity index (χ3v) is 5.37. The topological polar surface area (TPSA) is 78.0 Å². The molecule has 1 aliphatic heterocycles. The van der Waals surface area contributed by atoms with Crippen LogP contribution in [0.25, 0.3) is 10.7 Å². The summed E-state index contributed by atoms with van der Waals surface area (Å²) in [5.74, 6) is 1.05. The summed E-state index contributed by atoms with van der Waals surface area (Å²) in [6, 6.07) is 6.11. The maximum absolute atomic E-state index is 13.0. The second kappa shape index (κ2) is 6.49. The van der Waals surface area contributed by atoms with Crippen molar-refractivity contribution in [1.29, 1.82) is 0 Å². The molecule has 0 saturated carbocycles. The van der Waals surface area contributed by atoms with Crippen molar-refractivity contribution in [3.63, 3.8) is 0 Å². The van der Waals surface area contributed by atoms with Crippen LogP contribution < -0.4 is 4.90 Å². The second-order valence-corrected chi connectivity index (χ2v) is 7.12. The summed E-state index contributed by atoms with van der Waals surface area (Å²) in [5.41, 5.74) is 1.70. The van der Waals surface area contributed by atoms with Crippen LogP contribution in [-0.2, 0) is 6.54 Å². The van der Waals surface area contributed by atoms with E-state index >= 15 is 0 Å². The van der Waals surface area contributed by atoms with Crippen molar-refractivity contribution in [1.82, 2.24) is 25.1 Å². The average Bonchev–Trinajstić information content (AvgIpc) is 3.30. The number of hydrogen-bond acceptors (Lipinski definition) is 5. The van der Waals surface area contributed by atoms with E-state index in [0.29, 0.717) is 30.6 Å². The number of aromatic amines is 1. The van der Waals surface area contributed by atoms with Gasteiger partial charge in [-0.3, -0.25) is 10.00 Å². The number of aromatic nitrogens is 4. The Kier molecular flexibility index (Phi) is 4.15. The molecule has 3 aromatic rings. The molecular weight excluding hydrogens is 355 g/mol. The Morgan fingerprint density at radius 2 is 1.96 bits per heavy atom. The van der Waals surface area contributed by atoms with E-state index in [-0.39, 0.29) is 11.8 Å². The van der Waals surface area contributed by atoms with Gasteiger partial charge in [0.1, 0.15) is 11.6 Å². The molecule has 0 aliphatic carbocycles. The van der Waals surface area contributed by atoms with Crippen LogP contribution in [0.3, 0.4) is 0 Å². The Morgan fingerprint density at radius 1 is 1.19 bits per heavy atom. The number of hydrogen-bond donors (Lipinski definition) is 1. The number of nitrogens with one attached hydrogen (secondary N) is 1. The lowest BCUT2D eigenvalue weighted by atomic mass is 10.2. The zero-order chi connectivity index (χ0) is 18.3. The lowest BCUT2D eigenvalue weighted by molar-refractivity contribution is 0.219. The molecule has 4 rings (SSSR count). The van der Waals surface area contributed by atoms with Gasteiger partial charge < -0.3 is 4.90 Å². The third kappa shape index (κ3) is 3.05. The van der Waals surface area contributed by atoms with E-state index in [0.717, 1.165) is 22.0 Å². The Labute approximate surface area is 153 Å². The van der Waals surface area contributed by atoms with Gasteiger partial charge in [0.05, 0.1) is 10.6 Å². The fraction of sp³-hybridized carbons (Fsp3) is 0.294. The summed E-state index contributed by atoms with van der Waals surface area (Å²) in [5, 5.41) is 7.64. The minimum absolute atomic E-state index is 0.0965. The summed E-state index contributed by atoms with van der Waals surface area (Å²) >= 11 is 1.41. The van der Waals surface area contributed by atoms with Gasteiger partial charge in [0.25, 0.3) is 0 Å². The van der Waals surface area contributed by atoms with E-state index in [1.807, 2.05) is 13.8 Å². The molecular formula is C17H17FN6OS. The number of H-pyrrole nitrogens is 1. The molecule has 134 valence electrons. The van der Waals surface area contributed by atoms with Crippen molar-refractivity contribution >= 4 is 22.5 Å². The van der Waals surface area contributed by atoms with Crippen LogP contribution in [0.15, 0.2) is 24.3 Å². The van der Waals surface area contributed by atoms with Crippen LogP contribution in [0.2, 0.25) is 0 Å². The molecule has 2 amide bonds. The monoisotopic (exact) mass is 372 g/mol. The van der Waals surface area contributed by atoms with Crippen LogP contribution in [-0.4, -0.2) is 44.2 Å². The highest BCUT2D eigenvalue weighted by Gasteiger charge is 2.32. The maximum atomic E-state index is 13.0. The summed E-state index contributed by atoms with van der Waals surface area (Å²) in [7, 11) is 0. The van der Waals surface area contributed by atoms with Gasteiger partial charge in [-0.1, -0.05) is 23.5 Å². The number of carbonyl (C=O) groups excluding carboxylic acids is 1. The highest BCUT2D eigenvalue weighted by Crippen LogP contribution is 2.34. The largest absolute Gasteiger partial charge is 0.326 e. The Balaban J connectivity index is 1.52. The van der Waals surface area contributed by atoms with E-state index in [9.17, 15) is 9.18 Å². The number of benzene rings is 1. The first-order valence-corrected chi connectivity index (χ1v) is 9.00. The third-order valence-electron chi connectivity index (χ3n) is 4.20. The van der Waals surface area contributed by atoms with Crippen LogP contribution in [0.5, 0.6) is 0 Å². The van der Waals surface area contributed by atoms with Crippen LogP contribution in [0.1, 0.15) is 17.1 Å². The zero-order valence-electron chi connectivity index (χ0n) is 14.4. The highest BCUT2D eigenvalue weighted by atomic mass is 32.1. The standard InChI is InChI=1S/C17H17FN6OS/c1-10-14(15-20-11(2)21-22-15)26-16(19-10)24-8-7-23(17(24)25)9-12-3-5-13(18)6-4-12/h3-6H,7-9H2,1-2H3,(H,20,21,22). The van der Waals surface area contributed by atoms with Crippen molar-refractivity contribution in [3.8, 4) is 10.7 Å². The fourth-order valence-corrected chi connectivity index (χ4v) is 3.89. The number of thiazole rings is 1. The van der Waals surface area contributed by atoms with Crippen molar-refractivity contribution in [2.75, 3.05) is 18.0 Å². The lowest BCUT2D eigenvalue weighted by Crippen LogP contribution is -2.31. The number of carbonyl (C=O) groups is 1. The number of aryl methyl sites for hydroxylation is 2. The zero-order valence-corrected chi connectivity index (χ0v) is 15.2. The molecule has 1 aromatic carbocycles. The minimum atomic E-state index is -0.281. The van der Waals surface area contributed by atoms with E-state index in [2.05, 4.69) is 20.2 Å². The van der Waals surface area contributed by atoms with E-state index in [1.54, 1.807) is 21.9 Å². The van der Waals surface area contributed by atoms with Gasteiger partial charge >= 0.3 is 6.03 Å². The molecule has 0 radical (unpaired) electrons. The van der Waals surface area contributed by atoms with E-state index < -0.39 is 0 Å². The lowest BCUT2D eigenvalue weighted by Gasteiger charge is -2.16. The molecule has 0 unspecified atom stereocenters. The highest BCUT2D eigenvalue weighted by molar-refractivity contribution is 7.19. The van der Waals surface area contributed by atoms with Crippen molar-refractivity contribution in [2.45, 2.75) is 20.4 Å². The smallest absolute Gasteiger partial charge is 0.318 e. The van der Waals surface area contributed by atoms with Crippen LogP contribution >= 0.6 is 11.3 Å². The fourth-order valence-electron chi connectivity index (χ4n) is 2.87. The number of halogens is 1. The number of anilines is 1. The molecule has 0 atom stereocenters. The second-order valence-electron chi connectivity index (χ2n) is 6.14. The van der Waals surface area contributed by atoms with Crippen molar-refractivity contribution < 1.29 is 9.18 Å². The molecule has 3 heterocycles. The van der Waals surface area contributed by atoms with E-state index in [4.69, 9.17) is 0 Å². The first-order valence-electron chi connectivity index (χ1n) is 8.19. The predicted molar refractivity (Wildman–Crippen MR) is 96.5 cm³/mol. The summed E-state index contributed by atoms with van der Waals surface area (Å²) in [4.78, 5) is 25.9. The minimum Gasteiger partial charge on any atom is -0.318 e. The predicted octanol–water partition coefficient (Wildman–Crippen LogP) is 3.13. The summed E-state index contributed by atoms with van der Waals surface area (Å²) < 4.78 is 13.0. The van der Waals surface area contributed by atoms with Gasteiger partial charge in [0.2, 0.25) is 0 Å². The van der Waals surface area contributed by atoms with Crippen molar-refractivity contribution in [3.05, 3.63) is 47.2 Å². The van der Waals surface area contributed by atoms with Crippen molar-refractivity contribution in [2.24, 2.45) is 0 Å². The first kappa shape index (κ1) is 16.6. The SMILES string of the molecule is Cc1nc(-c2sc(N3CCN(Cc4ccc(F)cc4)C3=O)nc2C)n[nH]1. The molecule has 1 aliphatic rings. The van der Waals surface area contributed by atoms with Crippen LogP contribution in [0, 0.1) is 19.7 Å². The molecule has 0 spiro atoms. The summed E-state index contributed by atoms with van der Waals surface area (Å²) in [6.45, 7) is 5.35. The summed E-state index contributed by atoms with van der Waals surface area (Å²) in [6.07, 6.45) is 0. The molecule has 7 nitrogen and oxygen atoms in total. The number of rotatable bonds is 4. The van der Waals surface area contributed by atoms with Crippen LogP contribution in [0.4, 0.5) is 14.3 Å². The van der Waals surface area contributed by atoms with Gasteiger partial charge in [0.15, 0.2) is 11.0 Å². The molecule has 9 heteroatoms. The molecule has 1 N–H and O–H groups in total. The van der Waals surface area contributed by atoms with Gasteiger partial charge in [0, 0.05) is 19.6 Å². The van der Waals surface area contributed by atoms with Gasteiger partial charge in [-0.05, 0) is 31.5 Å². The Morgan fingerprint density at radius 3 is 2.65 bits per heavy atom. The Bertz CT molecular complexity index is 951. The first-order chi connectivity index (χ1) is 12.5. The molecule has 0 bridgehead atoms.